The summed E-state index contributed by atoms with van der Waals surface area (Å²) in [5, 5.41) is 8.99. The molecule has 1 aromatic rings. The van der Waals surface area contributed by atoms with Crippen molar-refractivity contribution in [3.63, 3.8) is 0 Å². The molecule has 152 valence electrons. The molecule has 1 N–H and O–H groups in total. The van der Waals surface area contributed by atoms with Crippen molar-refractivity contribution in [2.75, 3.05) is 6.61 Å². The van der Waals surface area contributed by atoms with E-state index in [0.29, 0.717) is 12.5 Å². The molecule has 0 amide bonds. The van der Waals surface area contributed by atoms with Crippen LogP contribution >= 0.6 is 0 Å². The van der Waals surface area contributed by atoms with Crippen LogP contribution in [0.1, 0.15) is 102 Å². The van der Waals surface area contributed by atoms with E-state index in [0.717, 1.165) is 31.1 Å². The van der Waals surface area contributed by atoms with Gasteiger partial charge in [-0.3, -0.25) is 0 Å². The monoisotopic (exact) mass is 370 g/mol. The maximum absolute atomic E-state index is 8.99. The average Bonchev–Trinajstić information content (AvgIpc) is 3.16. The average molecular weight is 371 g/mol. The van der Waals surface area contributed by atoms with Crippen LogP contribution in [0.25, 0.3) is 0 Å². The Balaban J connectivity index is 1.92. The van der Waals surface area contributed by atoms with Crippen molar-refractivity contribution in [3.8, 4) is 0 Å². The van der Waals surface area contributed by atoms with Gasteiger partial charge in [0, 0.05) is 12.5 Å². The van der Waals surface area contributed by atoms with Gasteiger partial charge >= 0.3 is 0 Å². The molecule has 1 heteroatoms. The minimum atomic E-state index is 0.318. The Morgan fingerprint density at radius 3 is 2.52 bits per heavy atom. The number of hydrogen-bond donors (Lipinski definition) is 1. The van der Waals surface area contributed by atoms with E-state index in [1.165, 1.54) is 69.8 Å². The van der Waals surface area contributed by atoms with E-state index < -0.39 is 0 Å². The SMILES string of the molecule is CCCCCCCC[C@H]1CCC[C@@H]1C(C=CCCCCO)c1ccccc1. The molecule has 1 nitrogen and oxygen atoms in total. The Kier molecular flexibility index (Phi) is 11.5. The highest BCUT2D eigenvalue weighted by atomic mass is 16.2. The van der Waals surface area contributed by atoms with Gasteiger partial charge in [-0.2, -0.15) is 0 Å². The molecule has 27 heavy (non-hydrogen) atoms. The van der Waals surface area contributed by atoms with E-state index in [1.54, 1.807) is 0 Å². The van der Waals surface area contributed by atoms with E-state index in [2.05, 4.69) is 49.4 Å². The van der Waals surface area contributed by atoms with Gasteiger partial charge in [0.25, 0.3) is 0 Å². The molecular weight excluding hydrogens is 328 g/mol. The Bertz CT molecular complexity index is 492. The van der Waals surface area contributed by atoms with Crippen LogP contribution in [0.15, 0.2) is 42.5 Å². The van der Waals surface area contributed by atoms with Crippen molar-refractivity contribution in [1.29, 1.82) is 0 Å². The summed E-state index contributed by atoms with van der Waals surface area (Å²) in [5.41, 5.74) is 1.50. The lowest BCUT2D eigenvalue weighted by atomic mass is 9.77. The fourth-order valence-electron chi connectivity index (χ4n) is 4.88. The molecule has 1 aliphatic carbocycles. The molecule has 3 atom stereocenters. The van der Waals surface area contributed by atoms with E-state index in [-0.39, 0.29) is 0 Å². The first kappa shape index (κ1) is 22.2. The van der Waals surface area contributed by atoms with E-state index in [4.69, 9.17) is 5.11 Å². The van der Waals surface area contributed by atoms with Gasteiger partial charge in [-0.1, -0.05) is 107 Å². The lowest BCUT2D eigenvalue weighted by Gasteiger charge is -2.27. The summed E-state index contributed by atoms with van der Waals surface area (Å²) in [4.78, 5) is 0. The van der Waals surface area contributed by atoms with Gasteiger partial charge in [0.2, 0.25) is 0 Å². The van der Waals surface area contributed by atoms with Crippen LogP contribution in [-0.2, 0) is 0 Å². The van der Waals surface area contributed by atoms with Crippen molar-refractivity contribution in [3.05, 3.63) is 48.0 Å². The zero-order valence-electron chi connectivity index (χ0n) is 17.6. The molecule has 1 fully saturated rings. The third-order valence-electron chi connectivity index (χ3n) is 6.41. The largest absolute Gasteiger partial charge is 0.396 e. The predicted molar refractivity (Wildman–Crippen MR) is 118 cm³/mol. The van der Waals surface area contributed by atoms with Gasteiger partial charge < -0.3 is 5.11 Å². The topological polar surface area (TPSA) is 20.2 Å². The fourth-order valence-corrected chi connectivity index (χ4v) is 4.88. The van der Waals surface area contributed by atoms with Gasteiger partial charge in [0.05, 0.1) is 0 Å². The number of allylic oxidation sites excluding steroid dienone is 2. The fraction of sp³-hybridized carbons (Fsp3) is 0.692. The standard InChI is InChI=1S/C26H42O/c1-2-3-4-5-6-10-16-24-19-15-21-26(24)25(20-13-7-8-14-22-27)23-17-11-9-12-18-23/h9,11-13,17-18,20,24-27H,2-8,10,14-16,19,21-22H2,1H3/t24-,25?,26-/m0/s1. The van der Waals surface area contributed by atoms with Crippen molar-refractivity contribution >= 4 is 0 Å². The van der Waals surface area contributed by atoms with Crippen molar-refractivity contribution in [2.24, 2.45) is 11.8 Å². The van der Waals surface area contributed by atoms with Crippen LogP contribution in [0.2, 0.25) is 0 Å². The lowest BCUT2D eigenvalue weighted by Crippen LogP contribution is -2.16. The summed E-state index contributed by atoms with van der Waals surface area (Å²) in [6.07, 6.45) is 22.1. The van der Waals surface area contributed by atoms with Crippen LogP contribution in [0.4, 0.5) is 0 Å². The second-order valence-electron chi connectivity index (χ2n) is 8.50. The molecule has 0 aromatic heterocycles. The third kappa shape index (κ3) is 8.21. The summed E-state index contributed by atoms with van der Waals surface area (Å²) < 4.78 is 0. The number of benzene rings is 1. The zero-order valence-corrected chi connectivity index (χ0v) is 17.6. The molecule has 0 heterocycles. The molecule has 0 saturated heterocycles. The van der Waals surface area contributed by atoms with Gasteiger partial charge in [0.1, 0.15) is 0 Å². The third-order valence-corrected chi connectivity index (χ3v) is 6.41. The van der Waals surface area contributed by atoms with Crippen molar-refractivity contribution < 1.29 is 5.11 Å². The minimum absolute atomic E-state index is 0.318. The van der Waals surface area contributed by atoms with E-state index >= 15 is 0 Å². The van der Waals surface area contributed by atoms with Crippen LogP contribution < -0.4 is 0 Å². The first-order valence-corrected chi connectivity index (χ1v) is 11.7. The summed E-state index contributed by atoms with van der Waals surface area (Å²) >= 11 is 0. The molecule has 0 spiro atoms. The molecule has 1 aromatic carbocycles. The summed E-state index contributed by atoms with van der Waals surface area (Å²) in [7, 11) is 0. The van der Waals surface area contributed by atoms with Crippen molar-refractivity contribution in [1.82, 2.24) is 0 Å². The number of aliphatic hydroxyl groups is 1. The van der Waals surface area contributed by atoms with Gasteiger partial charge in [-0.05, 0) is 43.1 Å². The zero-order chi connectivity index (χ0) is 19.2. The van der Waals surface area contributed by atoms with Crippen LogP contribution in [0.5, 0.6) is 0 Å². The van der Waals surface area contributed by atoms with Gasteiger partial charge in [-0.25, -0.2) is 0 Å². The second-order valence-corrected chi connectivity index (χ2v) is 8.50. The molecule has 1 unspecified atom stereocenters. The maximum Gasteiger partial charge on any atom is 0.0431 e. The smallest absolute Gasteiger partial charge is 0.0431 e. The number of aliphatic hydroxyl groups excluding tert-OH is 1. The Labute approximate surface area is 168 Å². The Morgan fingerprint density at radius 1 is 0.963 bits per heavy atom. The van der Waals surface area contributed by atoms with Crippen LogP contribution in [-0.4, -0.2) is 11.7 Å². The normalized spacial score (nSPS) is 21.1. The number of rotatable bonds is 14. The highest BCUT2D eigenvalue weighted by Gasteiger charge is 2.32. The molecule has 0 radical (unpaired) electrons. The minimum Gasteiger partial charge on any atom is -0.396 e. The lowest BCUT2D eigenvalue weighted by molar-refractivity contribution is 0.285. The van der Waals surface area contributed by atoms with Gasteiger partial charge in [-0.15, -0.1) is 0 Å². The molecule has 0 bridgehead atoms. The van der Waals surface area contributed by atoms with E-state index in [9.17, 15) is 0 Å². The predicted octanol–water partition coefficient (Wildman–Crippen LogP) is 7.66. The summed E-state index contributed by atoms with van der Waals surface area (Å²) in [6.45, 7) is 2.61. The first-order chi connectivity index (χ1) is 13.4. The molecule has 0 aliphatic heterocycles. The highest BCUT2D eigenvalue weighted by molar-refractivity contribution is 5.25. The number of unbranched alkanes of at least 4 members (excludes halogenated alkanes) is 7. The summed E-state index contributed by atoms with van der Waals surface area (Å²) in [5.74, 6) is 2.30. The molecule has 1 aliphatic rings. The van der Waals surface area contributed by atoms with Crippen molar-refractivity contribution in [2.45, 2.75) is 96.3 Å². The van der Waals surface area contributed by atoms with Crippen LogP contribution in [0.3, 0.4) is 0 Å². The Morgan fingerprint density at radius 2 is 1.74 bits per heavy atom. The quantitative estimate of drug-likeness (QED) is 0.263. The van der Waals surface area contributed by atoms with Crippen LogP contribution in [0, 0.1) is 11.8 Å². The first-order valence-electron chi connectivity index (χ1n) is 11.7. The second kappa shape index (κ2) is 14.0. The Hall–Kier alpha value is -1.08. The van der Waals surface area contributed by atoms with Gasteiger partial charge in [0.15, 0.2) is 0 Å². The molecule has 2 rings (SSSR count). The summed E-state index contributed by atoms with van der Waals surface area (Å²) in [6, 6.07) is 11.2. The molecular formula is C26H42O. The molecule has 1 saturated carbocycles. The van der Waals surface area contributed by atoms with E-state index in [1.807, 2.05) is 0 Å². The maximum atomic E-state index is 8.99. The number of hydrogen-bond acceptors (Lipinski definition) is 1. The highest BCUT2D eigenvalue weighted by Crippen LogP contribution is 2.44.